The van der Waals surface area contributed by atoms with E-state index >= 15 is 0 Å². The van der Waals surface area contributed by atoms with E-state index in [2.05, 4.69) is 4.99 Å². The number of nitrogens with zero attached hydrogens (tertiary/aromatic N) is 2. The number of rotatable bonds is 6. The first kappa shape index (κ1) is 20.0. The van der Waals surface area contributed by atoms with Gasteiger partial charge in [0.15, 0.2) is 5.70 Å². The summed E-state index contributed by atoms with van der Waals surface area (Å²) in [5, 5.41) is 11.2. The molecule has 3 aromatic carbocycles. The number of aliphatic imine (C=N–C) groups is 1. The number of hydrogen-bond donors (Lipinski definition) is 0. The monoisotopic (exact) mass is 414 g/mol. The molecule has 0 atom stereocenters. The number of hydrogen-bond acceptors (Lipinski definition) is 6. The van der Waals surface area contributed by atoms with E-state index in [0.29, 0.717) is 23.5 Å². The van der Waals surface area contributed by atoms with E-state index in [1.54, 1.807) is 31.2 Å². The molecule has 1 aliphatic rings. The molecule has 0 spiro atoms. The Kier molecular flexibility index (Phi) is 5.57. The van der Waals surface area contributed by atoms with Gasteiger partial charge in [0.25, 0.3) is 5.69 Å². The van der Waals surface area contributed by atoms with Crippen molar-refractivity contribution in [2.45, 2.75) is 13.5 Å². The van der Waals surface area contributed by atoms with Gasteiger partial charge < -0.3 is 9.47 Å². The van der Waals surface area contributed by atoms with Crippen LogP contribution >= 0.6 is 0 Å². The fourth-order valence-electron chi connectivity index (χ4n) is 3.06. The van der Waals surface area contributed by atoms with E-state index in [-0.39, 0.29) is 17.3 Å². The van der Waals surface area contributed by atoms with Gasteiger partial charge in [-0.25, -0.2) is 9.79 Å². The molecule has 0 radical (unpaired) electrons. The van der Waals surface area contributed by atoms with Gasteiger partial charge in [-0.2, -0.15) is 0 Å². The average Bonchev–Trinajstić information content (AvgIpc) is 3.13. The quantitative estimate of drug-likeness (QED) is 0.249. The van der Waals surface area contributed by atoms with Crippen molar-refractivity contribution in [2.75, 3.05) is 0 Å². The van der Waals surface area contributed by atoms with Crippen molar-refractivity contribution in [3.05, 3.63) is 111 Å². The Hall–Kier alpha value is -4.26. The second-order valence-electron chi connectivity index (χ2n) is 6.94. The zero-order valence-electron chi connectivity index (χ0n) is 16.6. The molecule has 0 unspecified atom stereocenters. The minimum atomic E-state index is -0.617. The van der Waals surface area contributed by atoms with E-state index < -0.39 is 10.9 Å². The van der Waals surface area contributed by atoms with Crippen LogP contribution in [0.3, 0.4) is 0 Å². The van der Waals surface area contributed by atoms with Gasteiger partial charge in [0, 0.05) is 17.2 Å². The lowest BCUT2D eigenvalue weighted by Crippen LogP contribution is -2.06. The summed E-state index contributed by atoms with van der Waals surface area (Å²) in [6, 6.07) is 21.6. The van der Waals surface area contributed by atoms with Gasteiger partial charge in [0.1, 0.15) is 12.4 Å². The zero-order valence-corrected chi connectivity index (χ0v) is 16.6. The second-order valence-corrected chi connectivity index (χ2v) is 6.94. The molecule has 7 heteroatoms. The fraction of sp³-hybridized carbons (Fsp3) is 0.0833. The number of esters is 1. The lowest BCUT2D eigenvalue weighted by Gasteiger charge is -2.07. The van der Waals surface area contributed by atoms with Crippen molar-refractivity contribution >= 4 is 23.6 Å². The molecule has 1 heterocycles. The molecule has 1 aliphatic heterocycles. The Morgan fingerprint density at radius 3 is 2.65 bits per heavy atom. The third-order valence-electron chi connectivity index (χ3n) is 4.68. The smallest absolute Gasteiger partial charge is 0.363 e. The van der Waals surface area contributed by atoms with E-state index in [4.69, 9.17) is 9.47 Å². The van der Waals surface area contributed by atoms with Crippen LogP contribution in [-0.4, -0.2) is 16.8 Å². The summed E-state index contributed by atoms with van der Waals surface area (Å²) in [7, 11) is 0. The van der Waals surface area contributed by atoms with Crippen LogP contribution in [-0.2, 0) is 16.1 Å². The summed E-state index contributed by atoms with van der Waals surface area (Å²) in [5.74, 6) is 0.0765. The predicted octanol–water partition coefficient (Wildman–Crippen LogP) is 4.83. The molecule has 0 N–H and O–H groups in total. The number of carbonyl (C=O) groups excluding carboxylic acids is 1. The molecule has 0 bridgehead atoms. The van der Waals surface area contributed by atoms with Crippen LogP contribution in [0.5, 0.6) is 5.75 Å². The van der Waals surface area contributed by atoms with Crippen molar-refractivity contribution in [1.82, 2.24) is 0 Å². The van der Waals surface area contributed by atoms with Crippen molar-refractivity contribution in [3.63, 3.8) is 0 Å². The minimum absolute atomic E-state index is 0.0378. The van der Waals surface area contributed by atoms with Crippen LogP contribution in [0, 0.1) is 17.0 Å². The number of ether oxygens (including phenoxy) is 2. The molecular weight excluding hydrogens is 396 g/mol. The van der Waals surface area contributed by atoms with Gasteiger partial charge in [-0.15, -0.1) is 0 Å². The normalized spacial score (nSPS) is 14.3. The van der Waals surface area contributed by atoms with Gasteiger partial charge in [-0.3, -0.25) is 10.1 Å². The molecule has 0 fully saturated rings. The van der Waals surface area contributed by atoms with Crippen LogP contribution in [0.2, 0.25) is 0 Å². The molecule has 0 saturated carbocycles. The first-order valence-corrected chi connectivity index (χ1v) is 9.54. The van der Waals surface area contributed by atoms with Crippen molar-refractivity contribution in [2.24, 2.45) is 4.99 Å². The number of carbonyl (C=O) groups is 1. The number of nitro benzene ring substituents is 1. The van der Waals surface area contributed by atoms with Crippen LogP contribution in [0.1, 0.15) is 22.3 Å². The third-order valence-corrected chi connectivity index (χ3v) is 4.68. The molecule has 31 heavy (non-hydrogen) atoms. The van der Waals surface area contributed by atoms with Crippen LogP contribution < -0.4 is 4.74 Å². The molecule has 0 amide bonds. The highest BCUT2D eigenvalue weighted by molar-refractivity contribution is 6.13. The summed E-state index contributed by atoms with van der Waals surface area (Å²) in [6.07, 6.45) is 1.59. The Labute approximate surface area is 178 Å². The largest absolute Gasteiger partial charge is 0.489 e. The number of benzene rings is 3. The standard InChI is InChI=1S/C24H18N2O5/c1-16-10-11-19(14-22(16)26(28)29)23-25-21(24(27)31-23)13-18-8-5-9-20(12-18)30-15-17-6-3-2-4-7-17/h2-14H,15H2,1H3/b21-13-. The minimum Gasteiger partial charge on any atom is -0.489 e. The van der Waals surface area contributed by atoms with Gasteiger partial charge in [-0.05, 0) is 42.3 Å². The summed E-state index contributed by atoms with van der Waals surface area (Å²) < 4.78 is 11.0. The number of nitro groups is 1. The maximum absolute atomic E-state index is 12.3. The maximum atomic E-state index is 12.3. The highest BCUT2D eigenvalue weighted by Crippen LogP contribution is 2.25. The van der Waals surface area contributed by atoms with Gasteiger partial charge >= 0.3 is 5.97 Å². The summed E-state index contributed by atoms with van der Waals surface area (Å²) in [4.78, 5) is 27.2. The van der Waals surface area contributed by atoms with Crippen molar-refractivity contribution < 1.29 is 19.2 Å². The summed E-state index contributed by atoms with van der Waals surface area (Å²) in [5.41, 5.74) is 2.70. The molecular formula is C24H18N2O5. The van der Waals surface area contributed by atoms with Crippen LogP contribution in [0.15, 0.2) is 83.5 Å². The topological polar surface area (TPSA) is 91.0 Å². The summed E-state index contributed by atoms with van der Waals surface area (Å²) in [6.45, 7) is 2.07. The first-order valence-electron chi connectivity index (χ1n) is 9.54. The third kappa shape index (κ3) is 4.67. The number of cyclic esters (lactones) is 1. The Morgan fingerprint density at radius 1 is 1.06 bits per heavy atom. The van der Waals surface area contributed by atoms with E-state index in [1.165, 1.54) is 6.07 Å². The zero-order chi connectivity index (χ0) is 21.8. The van der Waals surface area contributed by atoms with Crippen molar-refractivity contribution in [3.8, 4) is 5.75 Å². The Balaban J connectivity index is 1.55. The maximum Gasteiger partial charge on any atom is 0.363 e. The first-order chi connectivity index (χ1) is 15.0. The average molecular weight is 414 g/mol. The highest BCUT2D eigenvalue weighted by Gasteiger charge is 2.25. The molecule has 3 aromatic rings. The molecule has 0 aliphatic carbocycles. The van der Waals surface area contributed by atoms with E-state index in [1.807, 2.05) is 48.5 Å². The van der Waals surface area contributed by atoms with Crippen molar-refractivity contribution in [1.29, 1.82) is 0 Å². The van der Waals surface area contributed by atoms with Gasteiger partial charge in [-0.1, -0.05) is 48.5 Å². The molecule has 0 aromatic heterocycles. The predicted molar refractivity (Wildman–Crippen MR) is 116 cm³/mol. The van der Waals surface area contributed by atoms with E-state index in [9.17, 15) is 14.9 Å². The highest BCUT2D eigenvalue weighted by atomic mass is 16.6. The lowest BCUT2D eigenvalue weighted by molar-refractivity contribution is -0.385. The second kappa shape index (κ2) is 8.62. The Morgan fingerprint density at radius 2 is 1.87 bits per heavy atom. The van der Waals surface area contributed by atoms with Gasteiger partial charge in [0.2, 0.25) is 5.90 Å². The van der Waals surface area contributed by atoms with Crippen LogP contribution in [0.25, 0.3) is 6.08 Å². The van der Waals surface area contributed by atoms with Crippen LogP contribution in [0.4, 0.5) is 5.69 Å². The molecule has 0 saturated heterocycles. The fourth-order valence-corrected chi connectivity index (χ4v) is 3.06. The SMILES string of the molecule is Cc1ccc(C2=N/C(=C\c3cccc(OCc4ccccc4)c3)C(=O)O2)cc1[N+](=O)[O-]. The molecule has 154 valence electrons. The molecule has 7 nitrogen and oxygen atoms in total. The van der Waals surface area contributed by atoms with E-state index in [0.717, 1.165) is 11.1 Å². The Bertz CT molecular complexity index is 1220. The number of aryl methyl sites for hydroxylation is 1. The van der Waals surface area contributed by atoms with Gasteiger partial charge in [0.05, 0.1) is 4.92 Å². The summed E-state index contributed by atoms with van der Waals surface area (Å²) >= 11 is 0. The lowest BCUT2D eigenvalue weighted by atomic mass is 10.1. The molecule has 4 rings (SSSR count).